The molecule has 0 bridgehead atoms. The van der Waals surface area contributed by atoms with Gasteiger partial charge >= 0.3 is 5.95 Å². The summed E-state index contributed by atoms with van der Waals surface area (Å²) in [6.45, 7) is 0.529. The Bertz CT molecular complexity index is 1200. The predicted molar refractivity (Wildman–Crippen MR) is 103 cm³/mol. The summed E-state index contributed by atoms with van der Waals surface area (Å²) in [5.74, 6) is -0.877. The van der Waals surface area contributed by atoms with Gasteiger partial charge in [0.05, 0.1) is 6.54 Å². The molecule has 152 valence electrons. The van der Waals surface area contributed by atoms with E-state index in [4.69, 9.17) is 11.6 Å². The lowest BCUT2D eigenvalue weighted by Crippen LogP contribution is -2.16. The fraction of sp³-hybridized carbons (Fsp3) is 0.125. The van der Waals surface area contributed by atoms with Gasteiger partial charge in [0.25, 0.3) is 5.91 Å². The van der Waals surface area contributed by atoms with Crippen molar-refractivity contribution < 1.29 is 9.72 Å². The third-order valence-corrected chi connectivity index (χ3v) is 4.12. The highest BCUT2D eigenvalue weighted by Crippen LogP contribution is 2.11. The summed E-state index contributed by atoms with van der Waals surface area (Å²) in [6.07, 6.45) is 4.24. The van der Waals surface area contributed by atoms with Crippen LogP contribution in [0.25, 0.3) is 0 Å². The molecule has 0 aliphatic rings. The number of amides is 1. The number of carbonyl (C=O) groups is 1. The lowest BCUT2D eigenvalue weighted by molar-refractivity contribution is -0.394. The van der Waals surface area contributed by atoms with Crippen molar-refractivity contribution in [1.82, 2.24) is 39.3 Å². The Morgan fingerprint density at radius 1 is 1.03 bits per heavy atom. The Balaban J connectivity index is 1.36. The number of aromatic nitrogens is 8. The van der Waals surface area contributed by atoms with Crippen LogP contribution >= 0.6 is 11.6 Å². The van der Waals surface area contributed by atoms with Gasteiger partial charge in [0, 0.05) is 16.3 Å². The SMILES string of the molecule is O=C(Nc1ncn(Cc2ccc(Cl)cc2)n1)c1ccn(Cn2cnc([N+](=O)[O-])n2)n1. The Hall–Kier alpha value is -4.13. The number of rotatable bonds is 7. The second-order valence-electron chi connectivity index (χ2n) is 6.07. The minimum atomic E-state index is -0.697. The Kier molecular flexibility index (Phi) is 5.17. The van der Waals surface area contributed by atoms with Gasteiger partial charge in [0.1, 0.15) is 6.33 Å². The second kappa shape index (κ2) is 8.08. The molecule has 1 aromatic carbocycles. The van der Waals surface area contributed by atoms with Crippen LogP contribution in [0.4, 0.5) is 11.9 Å². The van der Waals surface area contributed by atoms with Crippen LogP contribution in [0.2, 0.25) is 5.02 Å². The van der Waals surface area contributed by atoms with Crippen molar-refractivity contribution >= 4 is 29.4 Å². The lowest BCUT2D eigenvalue weighted by atomic mass is 10.2. The highest BCUT2D eigenvalue weighted by atomic mass is 35.5. The van der Waals surface area contributed by atoms with Crippen LogP contribution in [0.3, 0.4) is 0 Å². The minimum Gasteiger partial charge on any atom is -0.390 e. The quantitative estimate of drug-likeness (QED) is 0.343. The van der Waals surface area contributed by atoms with Crippen LogP contribution in [-0.4, -0.2) is 50.1 Å². The molecule has 0 radical (unpaired) electrons. The van der Waals surface area contributed by atoms with Gasteiger partial charge in [-0.3, -0.25) is 10.1 Å². The zero-order valence-electron chi connectivity index (χ0n) is 15.2. The summed E-state index contributed by atoms with van der Waals surface area (Å²) in [7, 11) is 0. The smallest absolute Gasteiger partial charge is 0.390 e. The topological polar surface area (TPSA) is 151 Å². The Labute approximate surface area is 173 Å². The number of nitro groups is 1. The number of nitrogens with one attached hydrogen (secondary N) is 1. The number of hydrogen-bond acceptors (Lipinski definition) is 8. The zero-order valence-corrected chi connectivity index (χ0v) is 15.9. The molecule has 0 saturated heterocycles. The van der Waals surface area contributed by atoms with Crippen LogP contribution in [-0.2, 0) is 13.2 Å². The van der Waals surface area contributed by atoms with Gasteiger partial charge in [-0.2, -0.15) is 9.78 Å². The van der Waals surface area contributed by atoms with Crippen LogP contribution < -0.4 is 5.32 Å². The molecule has 14 heteroatoms. The van der Waals surface area contributed by atoms with Gasteiger partial charge in [0.2, 0.25) is 12.3 Å². The fourth-order valence-electron chi connectivity index (χ4n) is 2.52. The van der Waals surface area contributed by atoms with E-state index in [-0.39, 0.29) is 18.3 Å². The van der Waals surface area contributed by atoms with Gasteiger partial charge in [0.15, 0.2) is 12.4 Å². The molecule has 0 fully saturated rings. The molecule has 1 N–H and O–H groups in total. The molecular formula is C16H13ClN10O3. The van der Waals surface area contributed by atoms with Crippen molar-refractivity contribution in [2.45, 2.75) is 13.2 Å². The second-order valence-corrected chi connectivity index (χ2v) is 6.51. The van der Waals surface area contributed by atoms with Crippen molar-refractivity contribution in [3.8, 4) is 0 Å². The minimum absolute atomic E-state index is 0.0576. The lowest BCUT2D eigenvalue weighted by Gasteiger charge is -2.01. The first kappa shape index (κ1) is 19.2. The zero-order chi connectivity index (χ0) is 21.1. The van der Waals surface area contributed by atoms with E-state index >= 15 is 0 Å². The number of benzene rings is 1. The molecule has 1 amide bonds. The molecule has 30 heavy (non-hydrogen) atoms. The Morgan fingerprint density at radius 3 is 2.53 bits per heavy atom. The van der Waals surface area contributed by atoms with Crippen LogP contribution in [0.15, 0.2) is 49.2 Å². The van der Waals surface area contributed by atoms with Crippen LogP contribution in [0.1, 0.15) is 16.1 Å². The molecule has 0 saturated carbocycles. The van der Waals surface area contributed by atoms with E-state index in [1.165, 1.54) is 34.3 Å². The summed E-state index contributed by atoms with van der Waals surface area (Å²) in [5, 5.41) is 25.8. The predicted octanol–water partition coefficient (Wildman–Crippen LogP) is 1.43. The molecule has 0 aliphatic carbocycles. The van der Waals surface area contributed by atoms with E-state index < -0.39 is 16.8 Å². The fourth-order valence-corrected chi connectivity index (χ4v) is 2.64. The summed E-state index contributed by atoms with van der Waals surface area (Å²) >= 11 is 5.87. The maximum Gasteiger partial charge on any atom is 0.491 e. The van der Waals surface area contributed by atoms with E-state index in [1.54, 1.807) is 16.8 Å². The maximum atomic E-state index is 12.4. The number of hydrogen-bond donors (Lipinski definition) is 1. The van der Waals surface area contributed by atoms with Crippen LogP contribution in [0.5, 0.6) is 0 Å². The largest absolute Gasteiger partial charge is 0.491 e. The molecule has 3 heterocycles. The van der Waals surface area contributed by atoms with Gasteiger partial charge in [-0.15, -0.1) is 5.10 Å². The Morgan fingerprint density at radius 2 is 1.80 bits per heavy atom. The average Bonchev–Trinajstić information content (AvgIpc) is 3.46. The van der Waals surface area contributed by atoms with Crippen molar-refractivity contribution in [3.63, 3.8) is 0 Å². The first-order chi connectivity index (χ1) is 14.5. The third-order valence-electron chi connectivity index (χ3n) is 3.87. The van der Waals surface area contributed by atoms with Gasteiger partial charge in [-0.05, 0) is 28.7 Å². The monoisotopic (exact) mass is 428 g/mol. The summed E-state index contributed by atoms with van der Waals surface area (Å²) in [6, 6.07) is 8.80. The molecule has 0 atom stereocenters. The van der Waals surface area contributed by atoms with Crippen LogP contribution in [0, 0.1) is 10.1 Å². The van der Waals surface area contributed by atoms with E-state index in [1.807, 2.05) is 12.1 Å². The highest BCUT2D eigenvalue weighted by molar-refractivity contribution is 6.30. The molecule has 0 unspecified atom stereocenters. The van der Waals surface area contributed by atoms with Crippen molar-refractivity contribution in [3.05, 3.63) is 75.6 Å². The number of anilines is 1. The normalized spacial score (nSPS) is 10.8. The molecule has 3 aromatic heterocycles. The van der Waals surface area contributed by atoms with Crippen molar-refractivity contribution in [2.24, 2.45) is 0 Å². The van der Waals surface area contributed by atoms with Crippen molar-refractivity contribution in [1.29, 1.82) is 0 Å². The highest BCUT2D eigenvalue weighted by Gasteiger charge is 2.15. The summed E-state index contributed by atoms with van der Waals surface area (Å²) in [4.78, 5) is 29.9. The average molecular weight is 429 g/mol. The number of carbonyl (C=O) groups excluding carboxylic acids is 1. The standard InChI is InChI=1S/C16H13ClN10O3/c17-12-3-1-11(2-4-12)7-25-8-18-15(22-25)20-14(28)13-5-6-24(21-13)10-26-9-19-16(23-26)27(29)30/h1-6,8-9H,7,10H2,(H,20,22,28). The number of halogens is 1. The van der Waals surface area contributed by atoms with Gasteiger partial charge < -0.3 is 10.1 Å². The summed E-state index contributed by atoms with van der Waals surface area (Å²) < 4.78 is 4.20. The van der Waals surface area contributed by atoms with Crippen molar-refractivity contribution in [2.75, 3.05) is 5.32 Å². The number of nitrogens with zero attached hydrogens (tertiary/aromatic N) is 9. The molecular weight excluding hydrogens is 416 g/mol. The maximum absolute atomic E-state index is 12.4. The molecule has 4 aromatic rings. The molecule has 0 spiro atoms. The molecule has 4 rings (SSSR count). The van der Waals surface area contributed by atoms with E-state index in [0.717, 1.165) is 5.56 Å². The van der Waals surface area contributed by atoms with Gasteiger partial charge in [-0.1, -0.05) is 28.7 Å². The third kappa shape index (κ3) is 4.47. The first-order valence-corrected chi connectivity index (χ1v) is 8.86. The van der Waals surface area contributed by atoms with E-state index in [0.29, 0.717) is 11.6 Å². The summed E-state index contributed by atoms with van der Waals surface area (Å²) in [5.41, 5.74) is 1.10. The molecule has 0 aliphatic heterocycles. The van der Waals surface area contributed by atoms with E-state index in [2.05, 4.69) is 30.6 Å². The van der Waals surface area contributed by atoms with Gasteiger partial charge in [-0.25, -0.2) is 14.3 Å². The molecule has 13 nitrogen and oxygen atoms in total. The van der Waals surface area contributed by atoms with E-state index in [9.17, 15) is 14.9 Å². The first-order valence-electron chi connectivity index (χ1n) is 8.49.